The minimum Gasteiger partial charge on any atom is -0.493 e. The number of fused-ring (bicyclic) bond motifs is 1. The molecule has 0 bridgehead atoms. The maximum absolute atomic E-state index is 13.0. The predicted octanol–water partition coefficient (Wildman–Crippen LogP) is 4.34. The second-order valence-electron chi connectivity index (χ2n) is 7.02. The Kier molecular flexibility index (Phi) is 5.45. The van der Waals surface area contributed by atoms with E-state index in [1.54, 1.807) is 6.07 Å². The van der Waals surface area contributed by atoms with E-state index in [0.717, 1.165) is 32.2 Å². The average Bonchev–Trinajstić information content (AvgIpc) is 2.61. The predicted molar refractivity (Wildman–Crippen MR) is 90.2 cm³/mol. The van der Waals surface area contributed by atoms with Crippen molar-refractivity contribution in [2.45, 2.75) is 51.7 Å². The lowest BCUT2D eigenvalue weighted by Crippen LogP contribution is -2.52. The quantitative estimate of drug-likeness (QED) is 0.808. The van der Waals surface area contributed by atoms with Crippen molar-refractivity contribution in [1.29, 1.82) is 0 Å². The van der Waals surface area contributed by atoms with Gasteiger partial charge in [0, 0.05) is 18.2 Å². The van der Waals surface area contributed by atoms with Gasteiger partial charge in [-0.25, -0.2) is 0 Å². The number of amides is 1. The molecular weight excluding hydrogens is 328 g/mol. The molecule has 3 unspecified atom stereocenters. The second-order valence-corrected chi connectivity index (χ2v) is 7.02. The molecule has 1 saturated heterocycles. The van der Waals surface area contributed by atoms with Gasteiger partial charge in [-0.05, 0) is 49.3 Å². The summed E-state index contributed by atoms with van der Waals surface area (Å²) in [7, 11) is 1.38. The van der Waals surface area contributed by atoms with Crippen molar-refractivity contribution in [2.24, 2.45) is 11.8 Å². The molecule has 4 nitrogen and oxygen atoms in total. The fourth-order valence-corrected chi connectivity index (χ4v) is 4.33. The number of hydrogen-bond donors (Lipinski definition) is 0. The zero-order valence-corrected chi connectivity index (χ0v) is 14.7. The molecule has 6 heteroatoms. The van der Waals surface area contributed by atoms with Crippen LogP contribution in [-0.2, 0) is 0 Å². The first-order chi connectivity index (χ1) is 12.0. The van der Waals surface area contributed by atoms with E-state index in [-0.39, 0.29) is 23.4 Å². The monoisotopic (exact) mass is 353 g/mol. The number of rotatable bonds is 4. The number of methoxy groups -OCH3 is 1. The summed E-state index contributed by atoms with van der Waals surface area (Å²) in [4.78, 5) is 15.0. The van der Waals surface area contributed by atoms with E-state index < -0.39 is 6.61 Å². The van der Waals surface area contributed by atoms with Crippen LogP contribution >= 0.6 is 0 Å². The molecule has 0 spiro atoms. The summed E-state index contributed by atoms with van der Waals surface area (Å²) in [6, 6.07) is 4.75. The number of likely N-dealkylation sites (tertiary alicyclic amines) is 1. The summed E-state index contributed by atoms with van der Waals surface area (Å²) in [6.07, 6.45) is 5.54. The smallest absolute Gasteiger partial charge is 0.387 e. The summed E-state index contributed by atoms with van der Waals surface area (Å²) in [5, 5.41) is 0. The lowest BCUT2D eigenvalue weighted by Gasteiger charge is -2.47. The molecule has 1 aliphatic heterocycles. The summed E-state index contributed by atoms with van der Waals surface area (Å²) in [5.74, 6) is 1.16. The third kappa shape index (κ3) is 3.72. The van der Waals surface area contributed by atoms with Crippen LogP contribution in [0.15, 0.2) is 18.2 Å². The van der Waals surface area contributed by atoms with E-state index in [0.29, 0.717) is 17.4 Å². The molecule has 3 rings (SSSR count). The Morgan fingerprint density at radius 2 is 1.96 bits per heavy atom. The molecule has 1 aliphatic carbocycles. The molecule has 1 amide bonds. The van der Waals surface area contributed by atoms with Gasteiger partial charge in [0.05, 0.1) is 7.11 Å². The zero-order chi connectivity index (χ0) is 18.0. The van der Waals surface area contributed by atoms with Crippen LogP contribution in [0.4, 0.5) is 8.78 Å². The highest BCUT2D eigenvalue weighted by Gasteiger charge is 2.39. The molecule has 0 aromatic heterocycles. The highest BCUT2D eigenvalue weighted by Crippen LogP contribution is 2.40. The van der Waals surface area contributed by atoms with E-state index in [1.165, 1.54) is 25.7 Å². The van der Waals surface area contributed by atoms with E-state index in [2.05, 4.69) is 11.7 Å². The Morgan fingerprint density at radius 3 is 2.68 bits per heavy atom. The molecule has 2 aliphatic rings. The van der Waals surface area contributed by atoms with Gasteiger partial charge in [-0.2, -0.15) is 8.78 Å². The third-order valence-corrected chi connectivity index (χ3v) is 5.63. The number of piperidine rings is 1. The van der Waals surface area contributed by atoms with Crippen molar-refractivity contribution in [3.8, 4) is 11.5 Å². The van der Waals surface area contributed by atoms with Crippen LogP contribution in [-0.4, -0.2) is 37.1 Å². The maximum atomic E-state index is 13.0. The molecule has 25 heavy (non-hydrogen) atoms. The van der Waals surface area contributed by atoms with Crippen LogP contribution in [0.25, 0.3) is 0 Å². The molecule has 2 fully saturated rings. The van der Waals surface area contributed by atoms with Gasteiger partial charge in [-0.15, -0.1) is 0 Å². The van der Waals surface area contributed by atoms with Gasteiger partial charge in [0.1, 0.15) is 0 Å². The van der Waals surface area contributed by atoms with E-state index in [1.807, 2.05) is 4.90 Å². The first-order valence-electron chi connectivity index (χ1n) is 8.95. The number of hydrogen-bond acceptors (Lipinski definition) is 3. The van der Waals surface area contributed by atoms with Crippen LogP contribution in [0.5, 0.6) is 11.5 Å². The molecule has 1 aromatic rings. The molecule has 1 aromatic carbocycles. The first-order valence-corrected chi connectivity index (χ1v) is 8.95. The molecule has 138 valence electrons. The number of carbonyl (C=O) groups excluding carboxylic acids is 1. The molecule has 0 N–H and O–H groups in total. The molecule has 1 heterocycles. The molecule has 1 saturated carbocycles. The Labute approximate surface area is 147 Å². The Hall–Kier alpha value is -1.85. The van der Waals surface area contributed by atoms with E-state index >= 15 is 0 Å². The minimum atomic E-state index is -2.96. The lowest BCUT2D eigenvalue weighted by molar-refractivity contribution is -0.0513. The van der Waals surface area contributed by atoms with E-state index in [4.69, 9.17) is 4.74 Å². The topological polar surface area (TPSA) is 38.8 Å². The van der Waals surface area contributed by atoms with Crippen LogP contribution < -0.4 is 9.47 Å². The fraction of sp³-hybridized carbons (Fsp3) is 0.632. The van der Waals surface area contributed by atoms with Crippen LogP contribution in [0, 0.1) is 11.8 Å². The van der Waals surface area contributed by atoms with Crippen LogP contribution in [0.1, 0.15) is 49.4 Å². The van der Waals surface area contributed by atoms with E-state index in [9.17, 15) is 13.6 Å². The van der Waals surface area contributed by atoms with Gasteiger partial charge < -0.3 is 14.4 Å². The highest BCUT2D eigenvalue weighted by molar-refractivity contribution is 5.95. The highest BCUT2D eigenvalue weighted by atomic mass is 19.3. The third-order valence-electron chi connectivity index (χ3n) is 5.63. The van der Waals surface area contributed by atoms with Crippen molar-refractivity contribution < 1.29 is 23.0 Å². The average molecular weight is 353 g/mol. The van der Waals surface area contributed by atoms with Crippen LogP contribution in [0.3, 0.4) is 0 Å². The lowest BCUT2D eigenvalue weighted by atomic mass is 9.72. The van der Waals surface area contributed by atoms with Crippen LogP contribution in [0.2, 0.25) is 0 Å². The number of halogens is 2. The largest absolute Gasteiger partial charge is 0.493 e. The SMILES string of the molecule is COc1ccc(C(=O)N2CCC(C)C3CCCCC32)cc1OC(F)F. The number of ether oxygens (including phenoxy) is 2. The number of carbonyl (C=O) groups is 1. The van der Waals surface area contributed by atoms with Gasteiger partial charge in [-0.3, -0.25) is 4.79 Å². The maximum Gasteiger partial charge on any atom is 0.387 e. The van der Waals surface area contributed by atoms with Gasteiger partial charge in [0.15, 0.2) is 11.5 Å². The van der Waals surface area contributed by atoms with Crippen molar-refractivity contribution >= 4 is 5.91 Å². The van der Waals surface area contributed by atoms with Crippen molar-refractivity contribution in [1.82, 2.24) is 4.90 Å². The number of benzene rings is 1. The Bertz CT molecular complexity index is 623. The molecule has 0 radical (unpaired) electrons. The molecule has 3 atom stereocenters. The summed E-state index contributed by atoms with van der Waals surface area (Å²) < 4.78 is 34.8. The summed E-state index contributed by atoms with van der Waals surface area (Å²) >= 11 is 0. The van der Waals surface area contributed by atoms with Gasteiger partial charge in [0.2, 0.25) is 0 Å². The normalized spacial score (nSPS) is 26.3. The van der Waals surface area contributed by atoms with Crippen molar-refractivity contribution in [3.05, 3.63) is 23.8 Å². The second kappa shape index (κ2) is 7.58. The summed E-state index contributed by atoms with van der Waals surface area (Å²) in [5.41, 5.74) is 0.371. The van der Waals surface area contributed by atoms with Crippen molar-refractivity contribution in [3.63, 3.8) is 0 Å². The Balaban J connectivity index is 1.84. The zero-order valence-electron chi connectivity index (χ0n) is 14.7. The van der Waals surface area contributed by atoms with Crippen molar-refractivity contribution in [2.75, 3.05) is 13.7 Å². The number of nitrogens with zero attached hydrogens (tertiary/aromatic N) is 1. The Morgan fingerprint density at radius 1 is 1.20 bits per heavy atom. The van der Waals surface area contributed by atoms with Gasteiger partial charge in [-0.1, -0.05) is 19.8 Å². The standard InChI is InChI=1S/C19H25F2NO3/c1-12-9-10-22(15-6-4-3-5-14(12)15)18(23)13-7-8-16(24-2)17(11-13)25-19(20)21/h7-8,11-12,14-15,19H,3-6,9-10H2,1-2H3. The molecular formula is C19H25F2NO3. The minimum absolute atomic E-state index is 0.103. The fourth-order valence-electron chi connectivity index (χ4n) is 4.33. The number of alkyl halides is 2. The van der Waals surface area contributed by atoms with Gasteiger partial charge in [0.25, 0.3) is 5.91 Å². The van der Waals surface area contributed by atoms with Gasteiger partial charge >= 0.3 is 6.61 Å². The first kappa shape index (κ1) is 18.0. The summed E-state index contributed by atoms with van der Waals surface area (Å²) in [6.45, 7) is 0.0307.